The van der Waals surface area contributed by atoms with E-state index in [4.69, 9.17) is 19.9 Å². The van der Waals surface area contributed by atoms with E-state index in [9.17, 15) is 40.2 Å². The highest BCUT2D eigenvalue weighted by molar-refractivity contribution is 8.19. The van der Waals surface area contributed by atoms with E-state index in [0.29, 0.717) is 5.69 Å². The average molecular weight is 760 g/mol. The summed E-state index contributed by atoms with van der Waals surface area (Å²) in [7, 11) is -13.0. The molecule has 0 unspecified atom stereocenters. The van der Waals surface area contributed by atoms with Gasteiger partial charge in [-0.25, -0.2) is 0 Å². The Morgan fingerprint density at radius 1 is 0.837 bits per heavy atom. The standard InChI is InChI=1S/C26H23N5O13S4.H2O/c1-14-3-5-16(6-4-14)28-30-24-20(47(36,37)38)11-15-12-21(48(39,40)41)25(26(32)22(15)23(24)27)31-29-18-13-17(7-8-19(18)42-2)43-44-45-9-10-46(33,34)35;/h3-8,11-13,32,39-41H,27H2,1-2H3,(H,33,34,35)(H,36,37,38);1H2. The van der Waals surface area contributed by atoms with Crippen LogP contribution in [0.4, 0.5) is 28.4 Å². The fourth-order valence-corrected chi connectivity index (χ4v) is 5.94. The summed E-state index contributed by atoms with van der Waals surface area (Å²) < 4.78 is 105. The van der Waals surface area contributed by atoms with Gasteiger partial charge in [-0.2, -0.15) is 21.9 Å². The number of hydrogen-bond acceptors (Lipinski definition) is 17. The third-order valence-corrected chi connectivity index (χ3v) is 8.55. The van der Waals surface area contributed by atoms with Gasteiger partial charge in [0.1, 0.15) is 50.6 Å². The molecule has 0 fully saturated rings. The first-order valence-corrected chi connectivity index (χ1v) is 17.7. The van der Waals surface area contributed by atoms with E-state index in [1.54, 1.807) is 24.3 Å². The van der Waals surface area contributed by atoms with Gasteiger partial charge in [0.05, 0.1) is 34.0 Å². The van der Waals surface area contributed by atoms with E-state index >= 15 is 0 Å². The van der Waals surface area contributed by atoms with Crippen molar-refractivity contribution in [1.82, 2.24) is 0 Å². The summed E-state index contributed by atoms with van der Waals surface area (Å²) in [5.41, 5.74) is 5.51. The molecular weight excluding hydrogens is 735 g/mol. The summed E-state index contributed by atoms with van der Waals surface area (Å²) in [5.74, 6) is -0.903. The molecule has 4 aromatic rings. The third kappa shape index (κ3) is 9.75. The van der Waals surface area contributed by atoms with Crippen LogP contribution < -0.4 is 15.4 Å². The monoisotopic (exact) mass is 759 g/mol. The van der Waals surface area contributed by atoms with Gasteiger partial charge in [-0.1, -0.05) is 17.7 Å². The van der Waals surface area contributed by atoms with Gasteiger partial charge in [0.15, 0.2) is 11.5 Å². The van der Waals surface area contributed by atoms with E-state index in [1.807, 2.05) is 12.2 Å². The van der Waals surface area contributed by atoms with Gasteiger partial charge in [-0.05, 0) is 48.7 Å². The maximum absolute atomic E-state index is 12.3. The van der Waals surface area contributed by atoms with Gasteiger partial charge in [-0.15, -0.1) is 19.7 Å². The minimum Gasteiger partial charge on any atom is -0.505 e. The number of azo groups is 2. The van der Waals surface area contributed by atoms with E-state index in [1.165, 1.54) is 30.6 Å². The smallest absolute Gasteiger partial charge is 0.336 e. The van der Waals surface area contributed by atoms with Crippen molar-refractivity contribution in [3.8, 4) is 27.8 Å². The molecule has 4 rings (SSSR count). The van der Waals surface area contributed by atoms with Gasteiger partial charge in [-0.3, -0.25) is 9.11 Å². The molecule has 0 spiro atoms. The molecule has 0 heterocycles. The third-order valence-electron chi connectivity index (χ3n) is 5.97. The van der Waals surface area contributed by atoms with Crippen molar-refractivity contribution in [3.63, 3.8) is 0 Å². The lowest BCUT2D eigenvalue weighted by molar-refractivity contribution is -0.0762. The van der Waals surface area contributed by atoms with Crippen LogP contribution in [-0.2, 0) is 24.6 Å². The normalized spacial score (nSPS) is 12.5. The van der Waals surface area contributed by atoms with Crippen LogP contribution in [0.1, 0.15) is 5.56 Å². The molecular formula is C26H25N5O14S4. The molecule has 0 saturated carbocycles. The van der Waals surface area contributed by atoms with E-state index in [-0.39, 0.29) is 45.5 Å². The number of hydrogen-bond donors (Lipinski definition) is 7. The van der Waals surface area contributed by atoms with E-state index in [0.717, 1.165) is 17.7 Å². The van der Waals surface area contributed by atoms with Crippen LogP contribution in [0, 0.1) is 17.4 Å². The second-order valence-corrected chi connectivity index (χ2v) is 13.8. The molecule has 0 aliphatic heterocycles. The largest absolute Gasteiger partial charge is 0.505 e. The number of aryl methyl sites for hydroxylation is 1. The molecule has 0 radical (unpaired) electrons. The van der Waals surface area contributed by atoms with Crippen LogP contribution in [0.3, 0.4) is 0 Å². The predicted octanol–water partition coefficient (Wildman–Crippen LogP) is 6.04. The summed E-state index contributed by atoms with van der Waals surface area (Å²) in [6.07, 6.45) is 0. The lowest BCUT2D eigenvalue weighted by Crippen LogP contribution is -2.03. The van der Waals surface area contributed by atoms with Crippen molar-refractivity contribution in [1.29, 1.82) is 0 Å². The van der Waals surface area contributed by atoms with Crippen LogP contribution in [-0.4, -0.2) is 57.3 Å². The minimum atomic E-state index is -5.03. The van der Waals surface area contributed by atoms with Gasteiger partial charge in [0.25, 0.3) is 10.1 Å². The lowest BCUT2D eigenvalue weighted by Gasteiger charge is -2.23. The van der Waals surface area contributed by atoms with Crippen molar-refractivity contribution < 1.29 is 64.1 Å². The molecule has 0 amide bonds. The molecule has 19 nitrogen and oxygen atoms in total. The molecule has 262 valence electrons. The molecule has 0 aliphatic carbocycles. The Bertz CT molecular complexity index is 2230. The number of nitrogen functional groups attached to an aromatic ring is 1. The van der Waals surface area contributed by atoms with Crippen molar-refractivity contribution >= 4 is 82.4 Å². The van der Waals surface area contributed by atoms with Gasteiger partial charge >= 0.3 is 10.1 Å². The summed E-state index contributed by atoms with van der Waals surface area (Å²) in [4.78, 5) is 3.30. The highest BCUT2D eigenvalue weighted by Crippen LogP contribution is 2.56. The summed E-state index contributed by atoms with van der Waals surface area (Å²) in [6, 6.07) is 12.1. The number of nitrogens with two attached hydrogens (primary N) is 1. The number of phenolic OH excluding ortho intramolecular Hbond substituents is 1. The zero-order valence-electron chi connectivity index (χ0n) is 24.7. The van der Waals surface area contributed by atoms with E-state index in [2.05, 4.69) is 24.8 Å². The number of benzene rings is 4. The minimum absolute atomic E-state index is 0. The zero-order valence-corrected chi connectivity index (χ0v) is 28.0. The first-order chi connectivity index (χ1) is 22.4. The average Bonchev–Trinajstić information content (AvgIpc) is 2.99. The maximum atomic E-state index is 12.3. The van der Waals surface area contributed by atoms with Crippen molar-refractivity contribution in [2.45, 2.75) is 16.7 Å². The van der Waals surface area contributed by atoms with Gasteiger partial charge in [0, 0.05) is 11.3 Å². The molecule has 49 heavy (non-hydrogen) atoms. The number of anilines is 1. The Morgan fingerprint density at radius 3 is 2.06 bits per heavy atom. The number of phenols is 1. The predicted molar refractivity (Wildman–Crippen MR) is 178 cm³/mol. The molecule has 0 atom stereocenters. The van der Waals surface area contributed by atoms with Gasteiger partial charge < -0.3 is 39.6 Å². The Kier molecular flexibility index (Phi) is 12.1. The van der Waals surface area contributed by atoms with Crippen molar-refractivity contribution in [2.75, 3.05) is 12.8 Å². The van der Waals surface area contributed by atoms with E-state index < -0.39 is 63.7 Å². The SMILES string of the molecule is COc1ccc(OOSC#CS(=O)(=O)O)cc1N=Nc1c(S(O)(O)O)cc2cc(S(=O)(=O)O)c(N=Nc3ccc(C)cc3)c(N)c2c1O.O. The zero-order chi connectivity index (χ0) is 35.4. The number of nitrogens with zero attached hydrogens (tertiary/aromatic N) is 4. The first-order valence-electron chi connectivity index (χ1n) is 12.6. The Balaban J connectivity index is 0.00000650. The summed E-state index contributed by atoms with van der Waals surface area (Å²) in [6.45, 7) is 1.83. The molecule has 23 heteroatoms. The number of rotatable bonds is 10. The Morgan fingerprint density at radius 2 is 1.47 bits per heavy atom. The second-order valence-electron chi connectivity index (χ2n) is 9.28. The van der Waals surface area contributed by atoms with Crippen LogP contribution in [0.2, 0.25) is 0 Å². The fraction of sp³-hybridized carbons (Fsp3) is 0.0769. The Labute approximate surface area is 283 Å². The Hall–Kier alpha value is -4.58. The highest BCUT2D eigenvalue weighted by Gasteiger charge is 2.29. The van der Waals surface area contributed by atoms with Crippen molar-refractivity contribution in [3.05, 3.63) is 60.2 Å². The maximum Gasteiger partial charge on any atom is 0.336 e. The number of aromatic hydroxyl groups is 1. The van der Waals surface area contributed by atoms with Crippen LogP contribution in [0.25, 0.3) is 10.8 Å². The lowest BCUT2D eigenvalue weighted by atomic mass is 10.1. The summed E-state index contributed by atoms with van der Waals surface area (Å²) in [5, 5.41) is 29.7. The van der Waals surface area contributed by atoms with Crippen LogP contribution >= 0.6 is 22.9 Å². The molecule has 0 aliphatic rings. The number of methoxy groups -OCH3 is 1. The summed E-state index contributed by atoms with van der Waals surface area (Å²) >= 11 is 0.215. The first kappa shape index (κ1) is 38.9. The highest BCUT2D eigenvalue weighted by atomic mass is 32.3. The molecule has 0 aromatic heterocycles. The van der Waals surface area contributed by atoms with Gasteiger partial charge in [0.2, 0.25) is 0 Å². The fourth-order valence-electron chi connectivity index (χ4n) is 3.88. The van der Waals surface area contributed by atoms with Crippen LogP contribution in [0.5, 0.6) is 17.2 Å². The molecule has 4 aromatic carbocycles. The van der Waals surface area contributed by atoms with Crippen molar-refractivity contribution in [2.24, 2.45) is 20.5 Å². The number of ether oxygens (including phenoxy) is 1. The molecule has 10 N–H and O–H groups in total. The molecule has 0 saturated heterocycles. The quantitative estimate of drug-likeness (QED) is 0.0141. The second kappa shape index (κ2) is 15.3. The molecule has 0 bridgehead atoms. The number of fused-ring (bicyclic) bond motifs is 1. The van der Waals surface area contributed by atoms with Crippen LogP contribution in [0.15, 0.2) is 84.8 Å². The topological polar surface area (TPSA) is 324 Å².